The molecule has 0 aliphatic rings. The molecule has 5 nitrogen and oxygen atoms in total. The van der Waals surface area contributed by atoms with Crippen molar-refractivity contribution in [3.05, 3.63) is 59.9 Å². The fraction of sp³-hybridized carbons (Fsp3) is 0.222. The second kappa shape index (κ2) is 5.43. The van der Waals surface area contributed by atoms with Crippen molar-refractivity contribution in [2.75, 3.05) is 11.1 Å². The quantitative estimate of drug-likeness (QED) is 0.761. The molecule has 0 radical (unpaired) electrons. The number of nitrogens with two attached hydrogens (primary N) is 1. The van der Waals surface area contributed by atoms with Crippen molar-refractivity contribution in [2.24, 2.45) is 0 Å². The van der Waals surface area contributed by atoms with Gasteiger partial charge in [0.25, 0.3) is 5.91 Å². The Bertz CT molecular complexity index is 857. The molecule has 0 spiro atoms. The summed E-state index contributed by atoms with van der Waals surface area (Å²) in [6, 6.07) is 11.2. The van der Waals surface area contributed by atoms with E-state index in [0.29, 0.717) is 17.1 Å². The van der Waals surface area contributed by atoms with Crippen LogP contribution in [0.4, 0.5) is 11.5 Å². The van der Waals surface area contributed by atoms with Crippen molar-refractivity contribution in [2.45, 2.75) is 26.2 Å². The van der Waals surface area contributed by atoms with Gasteiger partial charge in [0.2, 0.25) is 0 Å². The summed E-state index contributed by atoms with van der Waals surface area (Å²) in [6.45, 7) is 6.43. The SMILES string of the molecule is CC(C)(C)c1ccc(C(=O)Nc2cn3cc(N)ccc3n2)cc1. The number of nitrogen functional groups attached to an aromatic ring is 1. The van der Waals surface area contributed by atoms with Crippen LogP contribution in [-0.2, 0) is 5.41 Å². The predicted octanol–water partition coefficient (Wildman–Crippen LogP) is 3.47. The molecule has 0 fully saturated rings. The summed E-state index contributed by atoms with van der Waals surface area (Å²) in [6.07, 6.45) is 3.50. The van der Waals surface area contributed by atoms with E-state index in [-0.39, 0.29) is 11.3 Å². The van der Waals surface area contributed by atoms with Gasteiger partial charge in [-0.1, -0.05) is 32.9 Å². The van der Waals surface area contributed by atoms with E-state index in [2.05, 4.69) is 31.1 Å². The molecule has 5 heteroatoms. The average Bonchev–Trinajstić information content (AvgIpc) is 2.87. The Hall–Kier alpha value is -2.82. The van der Waals surface area contributed by atoms with Gasteiger partial charge in [-0.05, 0) is 35.2 Å². The Morgan fingerprint density at radius 2 is 1.78 bits per heavy atom. The summed E-state index contributed by atoms with van der Waals surface area (Å²) in [5.41, 5.74) is 8.98. The molecule has 0 unspecified atom stereocenters. The van der Waals surface area contributed by atoms with E-state index < -0.39 is 0 Å². The lowest BCUT2D eigenvalue weighted by Crippen LogP contribution is -2.14. The van der Waals surface area contributed by atoms with Gasteiger partial charge in [0.1, 0.15) is 5.65 Å². The Balaban J connectivity index is 1.80. The zero-order chi connectivity index (χ0) is 16.6. The van der Waals surface area contributed by atoms with Gasteiger partial charge in [0, 0.05) is 17.4 Å². The second-order valence-corrected chi connectivity index (χ2v) is 6.64. The number of hydrogen-bond donors (Lipinski definition) is 2. The summed E-state index contributed by atoms with van der Waals surface area (Å²) in [5.74, 6) is 0.322. The molecule has 1 aromatic carbocycles. The Morgan fingerprint density at radius 1 is 1.09 bits per heavy atom. The third-order valence-electron chi connectivity index (χ3n) is 3.73. The van der Waals surface area contributed by atoms with Crippen molar-refractivity contribution in [1.29, 1.82) is 0 Å². The lowest BCUT2D eigenvalue weighted by atomic mass is 9.87. The summed E-state index contributed by atoms with van der Waals surface area (Å²) in [4.78, 5) is 16.7. The molecule has 3 aromatic rings. The number of nitrogens with one attached hydrogen (secondary N) is 1. The van der Waals surface area contributed by atoms with E-state index in [1.165, 1.54) is 5.56 Å². The highest BCUT2D eigenvalue weighted by Crippen LogP contribution is 2.22. The van der Waals surface area contributed by atoms with Crippen molar-refractivity contribution < 1.29 is 4.79 Å². The predicted molar refractivity (Wildman–Crippen MR) is 92.7 cm³/mol. The molecule has 0 saturated carbocycles. The molecule has 0 saturated heterocycles. The summed E-state index contributed by atoms with van der Waals surface area (Å²) in [5, 5.41) is 2.81. The fourth-order valence-corrected chi connectivity index (χ4v) is 2.38. The number of rotatable bonds is 2. The second-order valence-electron chi connectivity index (χ2n) is 6.64. The first-order chi connectivity index (χ1) is 10.8. The molecule has 0 aliphatic carbocycles. The molecule has 23 heavy (non-hydrogen) atoms. The van der Waals surface area contributed by atoms with Crippen LogP contribution in [0, 0.1) is 0 Å². The van der Waals surface area contributed by atoms with Gasteiger partial charge in [0.05, 0.1) is 6.20 Å². The Labute approximate surface area is 135 Å². The topological polar surface area (TPSA) is 72.4 Å². The van der Waals surface area contributed by atoms with E-state index in [4.69, 9.17) is 5.73 Å². The number of anilines is 2. The van der Waals surface area contributed by atoms with Crippen LogP contribution < -0.4 is 11.1 Å². The molecule has 0 bridgehead atoms. The molecule has 0 aliphatic heterocycles. The first kappa shape index (κ1) is 15.1. The largest absolute Gasteiger partial charge is 0.398 e. The standard InChI is InChI=1S/C18H20N4O/c1-18(2,3)13-6-4-12(5-7-13)17(23)21-15-11-22-10-14(19)8-9-16(22)20-15/h4-11H,19H2,1-3H3,(H,21,23). The minimum atomic E-state index is -0.179. The minimum Gasteiger partial charge on any atom is -0.398 e. The van der Waals surface area contributed by atoms with E-state index in [0.717, 1.165) is 5.65 Å². The van der Waals surface area contributed by atoms with Crippen LogP contribution in [0.3, 0.4) is 0 Å². The number of pyridine rings is 1. The first-order valence-corrected chi connectivity index (χ1v) is 7.49. The van der Waals surface area contributed by atoms with Gasteiger partial charge in [-0.25, -0.2) is 4.98 Å². The van der Waals surface area contributed by atoms with Gasteiger partial charge in [-0.15, -0.1) is 0 Å². The lowest BCUT2D eigenvalue weighted by Gasteiger charge is -2.18. The van der Waals surface area contributed by atoms with Gasteiger partial charge in [0.15, 0.2) is 5.82 Å². The van der Waals surface area contributed by atoms with Crippen LogP contribution in [0.5, 0.6) is 0 Å². The monoisotopic (exact) mass is 308 g/mol. The number of aromatic nitrogens is 2. The van der Waals surface area contributed by atoms with Crippen molar-refractivity contribution in [1.82, 2.24) is 9.38 Å². The van der Waals surface area contributed by atoms with Crippen LogP contribution in [0.1, 0.15) is 36.7 Å². The number of benzene rings is 1. The fourth-order valence-electron chi connectivity index (χ4n) is 2.38. The number of fused-ring (bicyclic) bond motifs is 1. The first-order valence-electron chi connectivity index (χ1n) is 7.49. The normalized spacial score (nSPS) is 11.6. The van der Waals surface area contributed by atoms with Gasteiger partial charge >= 0.3 is 0 Å². The summed E-state index contributed by atoms with van der Waals surface area (Å²) >= 11 is 0. The van der Waals surface area contributed by atoms with Crippen molar-refractivity contribution in [3.8, 4) is 0 Å². The molecular weight excluding hydrogens is 288 g/mol. The highest BCUT2D eigenvalue weighted by molar-refractivity contribution is 6.03. The van der Waals surface area contributed by atoms with Crippen LogP contribution in [-0.4, -0.2) is 15.3 Å². The highest BCUT2D eigenvalue weighted by atomic mass is 16.1. The summed E-state index contributed by atoms with van der Waals surface area (Å²) < 4.78 is 1.79. The van der Waals surface area contributed by atoms with Crippen LogP contribution in [0.15, 0.2) is 48.8 Å². The zero-order valence-electron chi connectivity index (χ0n) is 13.5. The van der Waals surface area contributed by atoms with Crippen molar-refractivity contribution in [3.63, 3.8) is 0 Å². The smallest absolute Gasteiger partial charge is 0.256 e. The third kappa shape index (κ3) is 3.18. The number of imidazole rings is 1. The van der Waals surface area contributed by atoms with Crippen LogP contribution in [0.25, 0.3) is 5.65 Å². The van der Waals surface area contributed by atoms with E-state index >= 15 is 0 Å². The van der Waals surface area contributed by atoms with E-state index in [9.17, 15) is 4.79 Å². The van der Waals surface area contributed by atoms with Gasteiger partial charge in [-0.3, -0.25) is 4.79 Å². The highest BCUT2D eigenvalue weighted by Gasteiger charge is 2.14. The van der Waals surface area contributed by atoms with Crippen molar-refractivity contribution >= 4 is 23.1 Å². The molecule has 3 rings (SSSR count). The molecular formula is C18H20N4O. The summed E-state index contributed by atoms with van der Waals surface area (Å²) in [7, 11) is 0. The molecule has 1 amide bonds. The number of hydrogen-bond acceptors (Lipinski definition) is 3. The van der Waals surface area contributed by atoms with E-state index in [1.54, 1.807) is 22.9 Å². The average molecular weight is 308 g/mol. The lowest BCUT2D eigenvalue weighted by molar-refractivity contribution is 0.102. The number of amides is 1. The minimum absolute atomic E-state index is 0.0660. The maximum atomic E-state index is 12.3. The van der Waals surface area contributed by atoms with Crippen LogP contribution in [0.2, 0.25) is 0 Å². The molecule has 2 aromatic heterocycles. The maximum absolute atomic E-state index is 12.3. The molecule has 0 atom stereocenters. The number of carbonyl (C=O) groups excluding carboxylic acids is 1. The number of carbonyl (C=O) groups is 1. The van der Waals surface area contributed by atoms with Crippen LogP contribution >= 0.6 is 0 Å². The molecule has 118 valence electrons. The van der Waals surface area contributed by atoms with E-state index in [1.807, 2.05) is 30.3 Å². The Kier molecular flexibility index (Phi) is 3.56. The Morgan fingerprint density at radius 3 is 2.43 bits per heavy atom. The van der Waals surface area contributed by atoms with Gasteiger partial charge < -0.3 is 15.5 Å². The molecule has 2 heterocycles. The zero-order valence-corrected chi connectivity index (χ0v) is 13.5. The molecule has 3 N–H and O–H groups in total. The van der Waals surface area contributed by atoms with Gasteiger partial charge in [-0.2, -0.15) is 0 Å². The maximum Gasteiger partial charge on any atom is 0.256 e. The number of nitrogens with zero attached hydrogens (tertiary/aromatic N) is 2. The third-order valence-corrected chi connectivity index (χ3v) is 3.73.